The largest absolute Gasteiger partial charge is 0.497 e. The van der Waals surface area contributed by atoms with Crippen LogP contribution in [0.4, 0.5) is 5.69 Å². The summed E-state index contributed by atoms with van der Waals surface area (Å²) in [6.45, 7) is 4.55. The summed E-state index contributed by atoms with van der Waals surface area (Å²) in [5, 5.41) is 2.71. The first kappa shape index (κ1) is 21.7. The molecule has 1 N–H and O–H groups in total. The average molecular weight is 407 g/mol. The van der Waals surface area contributed by atoms with Gasteiger partial charge in [0.05, 0.1) is 25.0 Å². The molecule has 2 aromatic carbocycles. The van der Waals surface area contributed by atoms with Crippen molar-refractivity contribution < 1.29 is 22.7 Å². The normalized spacial score (nSPS) is 11.3. The van der Waals surface area contributed by atoms with E-state index in [2.05, 4.69) is 5.32 Å². The molecule has 0 aromatic heterocycles. The summed E-state index contributed by atoms with van der Waals surface area (Å²) in [7, 11) is -1.99. The molecule has 0 aliphatic carbocycles. The molecular formula is C20H26N2O5S. The number of carbonyl (C=O) groups excluding carboxylic acids is 1. The molecule has 0 unspecified atom stereocenters. The first-order valence-corrected chi connectivity index (χ1v) is 10.5. The highest BCUT2D eigenvalue weighted by molar-refractivity contribution is 7.89. The molecule has 0 heterocycles. The summed E-state index contributed by atoms with van der Waals surface area (Å²) < 4.78 is 37.2. The van der Waals surface area contributed by atoms with Crippen LogP contribution in [-0.2, 0) is 14.8 Å². The molecule has 0 fully saturated rings. The van der Waals surface area contributed by atoms with Gasteiger partial charge in [0.2, 0.25) is 15.9 Å². The van der Waals surface area contributed by atoms with Crippen LogP contribution in [-0.4, -0.2) is 45.4 Å². The van der Waals surface area contributed by atoms with Crippen LogP contribution < -0.4 is 14.8 Å². The zero-order valence-electron chi connectivity index (χ0n) is 16.3. The number of hydrogen-bond acceptors (Lipinski definition) is 5. The second kappa shape index (κ2) is 10.1. The van der Waals surface area contributed by atoms with Crippen molar-refractivity contribution >= 4 is 21.6 Å². The molecule has 1 amide bonds. The summed E-state index contributed by atoms with van der Waals surface area (Å²) in [6.07, 6.45) is 0.138. The van der Waals surface area contributed by atoms with E-state index in [1.807, 2.05) is 0 Å². The molecule has 0 aliphatic rings. The second-order valence-corrected chi connectivity index (χ2v) is 7.88. The minimum atomic E-state index is -3.57. The molecule has 0 saturated carbocycles. The Labute approximate surface area is 166 Å². The van der Waals surface area contributed by atoms with Crippen LogP contribution in [0.1, 0.15) is 20.3 Å². The van der Waals surface area contributed by atoms with E-state index in [9.17, 15) is 13.2 Å². The van der Waals surface area contributed by atoms with Crippen LogP contribution in [0, 0.1) is 0 Å². The Hall–Kier alpha value is -2.58. The van der Waals surface area contributed by atoms with E-state index in [0.717, 1.165) is 5.75 Å². The number of hydrogen-bond donors (Lipinski definition) is 1. The van der Waals surface area contributed by atoms with Crippen LogP contribution in [0.2, 0.25) is 0 Å². The number of anilines is 1. The van der Waals surface area contributed by atoms with Gasteiger partial charge in [0.15, 0.2) is 0 Å². The molecule has 0 spiro atoms. The minimum Gasteiger partial charge on any atom is -0.497 e. The highest BCUT2D eigenvalue weighted by Gasteiger charge is 2.21. The van der Waals surface area contributed by atoms with Gasteiger partial charge in [-0.3, -0.25) is 4.79 Å². The Morgan fingerprint density at radius 1 is 1.04 bits per heavy atom. The summed E-state index contributed by atoms with van der Waals surface area (Å²) in [5.74, 6) is 1.11. The number of amides is 1. The highest BCUT2D eigenvalue weighted by Crippen LogP contribution is 2.20. The summed E-state index contributed by atoms with van der Waals surface area (Å²) in [5.41, 5.74) is 0.433. The molecule has 8 heteroatoms. The van der Waals surface area contributed by atoms with Gasteiger partial charge in [-0.2, -0.15) is 4.31 Å². The van der Waals surface area contributed by atoms with Crippen LogP contribution in [0.3, 0.4) is 0 Å². The third kappa shape index (κ3) is 5.71. The van der Waals surface area contributed by atoms with Crippen molar-refractivity contribution in [3.63, 3.8) is 0 Å². The van der Waals surface area contributed by atoms with E-state index < -0.39 is 10.0 Å². The lowest BCUT2D eigenvalue weighted by Crippen LogP contribution is -2.30. The lowest BCUT2D eigenvalue weighted by atomic mass is 10.3. The fraction of sp³-hybridized carbons (Fsp3) is 0.350. The van der Waals surface area contributed by atoms with Crippen molar-refractivity contribution in [1.29, 1.82) is 0 Å². The maximum atomic E-state index is 12.6. The minimum absolute atomic E-state index is 0.138. The number of sulfonamides is 1. The summed E-state index contributed by atoms with van der Waals surface area (Å²) in [6, 6.07) is 13.3. The summed E-state index contributed by atoms with van der Waals surface area (Å²) in [4.78, 5) is 12.3. The standard InChI is InChI=1S/C20H26N2O5S/c1-4-22(5-2)28(24,25)19-8-6-7-16(15-19)21-20(23)13-14-27-18-11-9-17(26-3)10-12-18/h6-12,15H,4-5,13-14H2,1-3H3,(H,21,23). The van der Waals surface area contributed by atoms with Gasteiger partial charge in [-0.05, 0) is 42.5 Å². The fourth-order valence-corrected chi connectivity index (χ4v) is 4.11. The number of methoxy groups -OCH3 is 1. The molecule has 152 valence electrons. The van der Waals surface area contributed by atoms with Crippen molar-refractivity contribution in [1.82, 2.24) is 4.31 Å². The molecule has 2 rings (SSSR count). The molecule has 0 atom stereocenters. The molecule has 7 nitrogen and oxygen atoms in total. The van der Waals surface area contributed by atoms with E-state index in [4.69, 9.17) is 9.47 Å². The lowest BCUT2D eigenvalue weighted by Gasteiger charge is -2.18. The quantitative estimate of drug-likeness (QED) is 0.655. The monoisotopic (exact) mass is 406 g/mol. The van der Waals surface area contributed by atoms with Crippen molar-refractivity contribution in [2.45, 2.75) is 25.2 Å². The van der Waals surface area contributed by atoms with Crippen molar-refractivity contribution in [2.24, 2.45) is 0 Å². The van der Waals surface area contributed by atoms with E-state index in [1.165, 1.54) is 16.4 Å². The molecule has 0 aliphatic heterocycles. The lowest BCUT2D eigenvalue weighted by molar-refractivity contribution is -0.116. The van der Waals surface area contributed by atoms with E-state index >= 15 is 0 Å². The Kier molecular flexibility index (Phi) is 7.83. The smallest absolute Gasteiger partial charge is 0.243 e. The number of nitrogens with zero attached hydrogens (tertiary/aromatic N) is 1. The SMILES string of the molecule is CCN(CC)S(=O)(=O)c1cccc(NC(=O)CCOc2ccc(OC)cc2)c1. The number of carbonyl (C=O) groups is 1. The first-order chi connectivity index (χ1) is 13.4. The van der Waals surface area contributed by atoms with Crippen molar-refractivity contribution in [3.8, 4) is 11.5 Å². The van der Waals surface area contributed by atoms with Gasteiger partial charge >= 0.3 is 0 Å². The molecule has 28 heavy (non-hydrogen) atoms. The zero-order valence-corrected chi connectivity index (χ0v) is 17.2. The van der Waals surface area contributed by atoms with Gasteiger partial charge in [-0.15, -0.1) is 0 Å². The molecule has 0 bridgehead atoms. The maximum Gasteiger partial charge on any atom is 0.243 e. The Balaban J connectivity index is 1.93. The third-order valence-electron chi connectivity index (χ3n) is 4.12. The molecule has 0 radical (unpaired) electrons. The van der Waals surface area contributed by atoms with Crippen molar-refractivity contribution in [3.05, 3.63) is 48.5 Å². The predicted molar refractivity (Wildman–Crippen MR) is 108 cm³/mol. The first-order valence-electron chi connectivity index (χ1n) is 9.07. The van der Waals surface area contributed by atoms with Gasteiger partial charge < -0.3 is 14.8 Å². The number of ether oxygens (including phenoxy) is 2. The van der Waals surface area contributed by atoms with Crippen LogP contribution in [0.15, 0.2) is 53.4 Å². The van der Waals surface area contributed by atoms with E-state index in [0.29, 0.717) is 24.5 Å². The van der Waals surface area contributed by atoms with Crippen LogP contribution >= 0.6 is 0 Å². The molecule has 0 saturated heterocycles. The summed E-state index contributed by atoms with van der Waals surface area (Å²) >= 11 is 0. The topological polar surface area (TPSA) is 84.9 Å². The fourth-order valence-electron chi connectivity index (χ4n) is 2.60. The Morgan fingerprint density at radius 2 is 1.68 bits per heavy atom. The zero-order chi connectivity index (χ0) is 20.6. The highest BCUT2D eigenvalue weighted by atomic mass is 32.2. The van der Waals surface area contributed by atoms with Gasteiger partial charge in [-0.1, -0.05) is 19.9 Å². The molecule has 2 aromatic rings. The van der Waals surface area contributed by atoms with Crippen molar-refractivity contribution in [2.75, 3.05) is 32.1 Å². The number of rotatable bonds is 10. The van der Waals surface area contributed by atoms with Gasteiger partial charge in [0, 0.05) is 18.8 Å². The number of benzene rings is 2. The van der Waals surface area contributed by atoms with Crippen LogP contribution in [0.25, 0.3) is 0 Å². The predicted octanol–water partition coefficient (Wildman–Crippen LogP) is 3.13. The van der Waals surface area contributed by atoms with Gasteiger partial charge in [0.1, 0.15) is 11.5 Å². The number of nitrogens with one attached hydrogen (secondary N) is 1. The molecular weight excluding hydrogens is 380 g/mol. The Bertz CT molecular complexity index is 878. The van der Waals surface area contributed by atoms with E-state index in [-0.39, 0.29) is 23.8 Å². The van der Waals surface area contributed by atoms with Gasteiger partial charge in [0.25, 0.3) is 0 Å². The van der Waals surface area contributed by atoms with Crippen LogP contribution in [0.5, 0.6) is 11.5 Å². The van der Waals surface area contributed by atoms with Gasteiger partial charge in [-0.25, -0.2) is 8.42 Å². The maximum absolute atomic E-state index is 12.6. The van der Waals surface area contributed by atoms with E-state index in [1.54, 1.807) is 57.4 Å². The Morgan fingerprint density at radius 3 is 2.29 bits per heavy atom. The average Bonchev–Trinajstić information content (AvgIpc) is 2.69. The third-order valence-corrected chi connectivity index (χ3v) is 6.16. The second-order valence-electron chi connectivity index (χ2n) is 5.94.